The molecule has 4 heteroatoms. The van der Waals surface area contributed by atoms with Crippen molar-refractivity contribution in [2.75, 3.05) is 5.32 Å². The average Bonchev–Trinajstić information content (AvgIpc) is 2.13. The van der Waals surface area contributed by atoms with Gasteiger partial charge in [0.15, 0.2) is 0 Å². The lowest BCUT2D eigenvalue weighted by atomic mass is 10.1. The van der Waals surface area contributed by atoms with Gasteiger partial charge in [-0.1, -0.05) is 48.7 Å². The summed E-state index contributed by atoms with van der Waals surface area (Å²) < 4.78 is 0. The first-order chi connectivity index (χ1) is 6.91. The summed E-state index contributed by atoms with van der Waals surface area (Å²) in [4.78, 5) is 0. The standard InChI is InChI=1S/C11H14Cl3N/c1-6(2)7(3)15-11-5-9(13)8(12)4-10(11)14/h4-7,15H,1-3H3. The second-order valence-corrected chi connectivity index (χ2v) is 5.14. The van der Waals surface area contributed by atoms with Crippen molar-refractivity contribution < 1.29 is 0 Å². The van der Waals surface area contributed by atoms with Gasteiger partial charge in [-0.15, -0.1) is 0 Å². The van der Waals surface area contributed by atoms with E-state index in [2.05, 4.69) is 26.1 Å². The highest BCUT2D eigenvalue weighted by Crippen LogP contribution is 2.32. The molecule has 0 bridgehead atoms. The highest BCUT2D eigenvalue weighted by atomic mass is 35.5. The quantitative estimate of drug-likeness (QED) is 0.750. The van der Waals surface area contributed by atoms with Gasteiger partial charge in [-0.3, -0.25) is 0 Å². The van der Waals surface area contributed by atoms with E-state index in [0.29, 0.717) is 27.0 Å². The molecule has 1 rings (SSSR count). The predicted octanol–water partition coefficient (Wildman–Crippen LogP) is 5.10. The van der Waals surface area contributed by atoms with Crippen molar-refractivity contribution >= 4 is 40.5 Å². The molecule has 0 fully saturated rings. The normalized spacial score (nSPS) is 13.0. The summed E-state index contributed by atoms with van der Waals surface area (Å²) >= 11 is 17.8. The maximum absolute atomic E-state index is 6.04. The Hall–Kier alpha value is -0.110. The van der Waals surface area contributed by atoms with Crippen LogP contribution in [0.2, 0.25) is 15.1 Å². The van der Waals surface area contributed by atoms with Crippen LogP contribution in [0.5, 0.6) is 0 Å². The van der Waals surface area contributed by atoms with Crippen LogP contribution in [-0.4, -0.2) is 6.04 Å². The monoisotopic (exact) mass is 265 g/mol. The second kappa shape index (κ2) is 5.29. The lowest BCUT2D eigenvalue weighted by molar-refractivity contribution is 0.560. The van der Waals surface area contributed by atoms with Gasteiger partial charge in [0, 0.05) is 6.04 Å². The van der Waals surface area contributed by atoms with Gasteiger partial charge < -0.3 is 5.32 Å². The molecule has 0 aliphatic rings. The lowest BCUT2D eigenvalue weighted by Gasteiger charge is -2.20. The van der Waals surface area contributed by atoms with Crippen LogP contribution in [-0.2, 0) is 0 Å². The summed E-state index contributed by atoms with van der Waals surface area (Å²) in [5, 5.41) is 4.89. The molecule has 0 aromatic heterocycles. The molecule has 1 nitrogen and oxygen atoms in total. The maximum atomic E-state index is 6.04. The van der Waals surface area contributed by atoms with E-state index >= 15 is 0 Å². The summed E-state index contributed by atoms with van der Waals surface area (Å²) in [5.74, 6) is 0.524. The first-order valence-corrected chi connectivity index (χ1v) is 5.96. The Kier molecular flexibility index (Phi) is 4.57. The summed E-state index contributed by atoms with van der Waals surface area (Å²) in [6, 6.07) is 3.74. The van der Waals surface area contributed by atoms with E-state index in [1.54, 1.807) is 12.1 Å². The molecular formula is C11H14Cl3N. The molecule has 0 saturated carbocycles. The van der Waals surface area contributed by atoms with Crippen molar-refractivity contribution in [1.29, 1.82) is 0 Å². The van der Waals surface area contributed by atoms with Crippen LogP contribution in [0.15, 0.2) is 12.1 Å². The molecule has 0 saturated heterocycles. The second-order valence-electron chi connectivity index (χ2n) is 3.92. The fourth-order valence-electron chi connectivity index (χ4n) is 1.05. The van der Waals surface area contributed by atoms with E-state index < -0.39 is 0 Å². The van der Waals surface area contributed by atoms with E-state index in [-0.39, 0.29) is 0 Å². The highest BCUT2D eigenvalue weighted by molar-refractivity contribution is 6.44. The number of hydrogen-bond acceptors (Lipinski definition) is 1. The van der Waals surface area contributed by atoms with Gasteiger partial charge in [-0.05, 0) is 25.0 Å². The Morgan fingerprint density at radius 2 is 1.47 bits per heavy atom. The van der Waals surface area contributed by atoms with E-state index in [1.807, 2.05) is 0 Å². The number of benzene rings is 1. The molecule has 1 aromatic rings. The smallest absolute Gasteiger partial charge is 0.0653 e. The van der Waals surface area contributed by atoms with Crippen LogP contribution in [0.4, 0.5) is 5.69 Å². The molecule has 0 heterocycles. The molecule has 0 radical (unpaired) electrons. The molecule has 15 heavy (non-hydrogen) atoms. The van der Waals surface area contributed by atoms with Crippen LogP contribution in [0.1, 0.15) is 20.8 Å². The summed E-state index contributed by atoms with van der Waals surface area (Å²) in [5.41, 5.74) is 0.826. The minimum Gasteiger partial charge on any atom is -0.381 e. The Morgan fingerprint density at radius 3 is 2.00 bits per heavy atom. The van der Waals surface area contributed by atoms with Crippen LogP contribution in [0.3, 0.4) is 0 Å². The van der Waals surface area contributed by atoms with Crippen LogP contribution in [0.25, 0.3) is 0 Å². The zero-order valence-corrected chi connectivity index (χ0v) is 11.2. The number of rotatable bonds is 3. The minimum absolute atomic E-state index is 0.333. The van der Waals surface area contributed by atoms with Gasteiger partial charge in [-0.25, -0.2) is 0 Å². The fourth-order valence-corrected chi connectivity index (χ4v) is 1.65. The zero-order chi connectivity index (χ0) is 11.6. The average molecular weight is 267 g/mol. The maximum Gasteiger partial charge on any atom is 0.0653 e. The van der Waals surface area contributed by atoms with Crippen LogP contribution in [0, 0.1) is 5.92 Å². The van der Waals surface area contributed by atoms with Gasteiger partial charge >= 0.3 is 0 Å². The van der Waals surface area contributed by atoms with Gasteiger partial charge in [0.2, 0.25) is 0 Å². The van der Waals surface area contributed by atoms with Gasteiger partial charge in [0.25, 0.3) is 0 Å². The highest BCUT2D eigenvalue weighted by Gasteiger charge is 2.10. The van der Waals surface area contributed by atoms with E-state index in [4.69, 9.17) is 34.8 Å². The van der Waals surface area contributed by atoms with Crippen molar-refractivity contribution in [1.82, 2.24) is 0 Å². The topological polar surface area (TPSA) is 12.0 Å². The van der Waals surface area contributed by atoms with Gasteiger partial charge in [-0.2, -0.15) is 0 Å². The number of hydrogen-bond donors (Lipinski definition) is 1. The minimum atomic E-state index is 0.333. The van der Waals surface area contributed by atoms with Gasteiger partial charge in [0.05, 0.1) is 20.8 Å². The SMILES string of the molecule is CC(C)C(C)Nc1cc(Cl)c(Cl)cc1Cl. The largest absolute Gasteiger partial charge is 0.381 e. The third kappa shape index (κ3) is 3.44. The van der Waals surface area contributed by atoms with E-state index in [9.17, 15) is 0 Å². The number of anilines is 1. The first-order valence-electron chi connectivity index (χ1n) is 4.83. The van der Waals surface area contributed by atoms with Crippen LogP contribution < -0.4 is 5.32 Å². The molecule has 0 spiro atoms. The van der Waals surface area contributed by atoms with E-state index in [0.717, 1.165) is 5.69 Å². The fraction of sp³-hybridized carbons (Fsp3) is 0.455. The Balaban J connectivity index is 2.91. The molecule has 0 aliphatic heterocycles. The lowest BCUT2D eigenvalue weighted by Crippen LogP contribution is -2.21. The van der Waals surface area contributed by atoms with Crippen molar-refractivity contribution in [3.05, 3.63) is 27.2 Å². The van der Waals surface area contributed by atoms with Crippen molar-refractivity contribution in [3.63, 3.8) is 0 Å². The van der Waals surface area contributed by atoms with Crippen LogP contribution >= 0.6 is 34.8 Å². The Bertz CT molecular complexity index is 350. The van der Waals surface area contributed by atoms with Gasteiger partial charge in [0.1, 0.15) is 0 Å². The third-order valence-electron chi connectivity index (χ3n) is 2.39. The summed E-state index contributed by atoms with van der Waals surface area (Å²) in [6.07, 6.45) is 0. The first kappa shape index (κ1) is 13.0. The predicted molar refractivity (Wildman–Crippen MR) is 69.4 cm³/mol. The molecule has 0 amide bonds. The molecule has 1 aromatic carbocycles. The van der Waals surface area contributed by atoms with Crippen molar-refractivity contribution in [3.8, 4) is 0 Å². The van der Waals surface area contributed by atoms with Crippen molar-refractivity contribution in [2.24, 2.45) is 5.92 Å². The number of halogens is 3. The molecule has 1 unspecified atom stereocenters. The molecule has 1 atom stereocenters. The molecule has 84 valence electrons. The molecule has 1 N–H and O–H groups in total. The Labute approximate surface area is 106 Å². The third-order valence-corrected chi connectivity index (χ3v) is 3.43. The summed E-state index contributed by atoms with van der Waals surface area (Å²) in [7, 11) is 0. The van der Waals surface area contributed by atoms with Crippen molar-refractivity contribution in [2.45, 2.75) is 26.8 Å². The zero-order valence-electron chi connectivity index (χ0n) is 8.94. The molecular weight excluding hydrogens is 252 g/mol. The number of nitrogens with one attached hydrogen (secondary N) is 1. The van der Waals surface area contributed by atoms with E-state index in [1.165, 1.54) is 0 Å². The molecule has 0 aliphatic carbocycles. The Morgan fingerprint density at radius 1 is 0.933 bits per heavy atom. The summed E-state index contributed by atoms with van der Waals surface area (Å²) in [6.45, 7) is 6.38.